The Labute approximate surface area is 220 Å². The molecule has 2 heterocycles. The minimum absolute atomic E-state index is 1.16. The Morgan fingerprint density at radius 2 is 1.00 bits per heavy atom. The Morgan fingerprint density at radius 3 is 1.71 bits per heavy atom. The van der Waals surface area contributed by atoms with E-state index in [0.29, 0.717) is 0 Å². The molecule has 8 rings (SSSR count). The molecule has 0 atom stereocenters. The molecule has 8 aromatic rings. The summed E-state index contributed by atoms with van der Waals surface area (Å²) in [6.07, 6.45) is 0. The molecule has 0 radical (unpaired) electrons. The maximum absolute atomic E-state index is 3.76. The lowest BCUT2D eigenvalue weighted by Gasteiger charge is -2.14. The summed E-state index contributed by atoms with van der Waals surface area (Å²) in [6.45, 7) is 0. The number of nitrogens with one attached hydrogen (secondary N) is 1. The molecule has 0 aliphatic rings. The Bertz CT molecular complexity index is 2050. The lowest BCUT2D eigenvalue weighted by molar-refractivity contribution is 1.18. The van der Waals surface area contributed by atoms with Gasteiger partial charge in [0.2, 0.25) is 0 Å². The molecule has 0 bridgehead atoms. The molecular formula is C36H24N2. The smallest absolute Gasteiger partial charge is 0.0783 e. The van der Waals surface area contributed by atoms with Crippen molar-refractivity contribution in [2.24, 2.45) is 0 Å². The molecule has 0 spiro atoms. The molecule has 38 heavy (non-hydrogen) atoms. The van der Waals surface area contributed by atoms with Gasteiger partial charge in [-0.2, -0.15) is 0 Å². The number of rotatable bonds is 3. The van der Waals surface area contributed by atoms with Crippen molar-refractivity contribution in [3.63, 3.8) is 0 Å². The fraction of sp³-hybridized carbons (Fsp3) is 0. The molecule has 0 saturated carbocycles. The third-order valence-corrected chi connectivity index (χ3v) is 7.70. The van der Waals surface area contributed by atoms with Gasteiger partial charge in [-0.1, -0.05) is 109 Å². The number of para-hydroxylation sites is 2. The zero-order valence-corrected chi connectivity index (χ0v) is 20.7. The second-order valence-corrected chi connectivity index (χ2v) is 9.91. The van der Waals surface area contributed by atoms with Crippen molar-refractivity contribution in [3.05, 3.63) is 140 Å². The number of aromatic amines is 1. The molecule has 0 saturated heterocycles. The maximum atomic E-state index is 3.76. The van der Waals surface area contributed by atoms with Gasteiger partial charge in [-0.25, -0.2) is 0 Å². The average Bonchev–Trinajstić information content (AvgIpc) is 3.54. The number of nitrogens with zero attached hydrogens (tertiary/aromatic N) is 1. The fourth-order valence-corrected chi connectivity index (χ4v) is 5.97. The third-order valence-electron chi connectivity index (χ3n) is 7.70. The number of aromatic nitrogens is 2. The van der Waals surface area contributed by atoms with Crippen LogP contribution in [0.4, 0.5) is 0 Å². The van der Waals surface area contributed by atoms with Crippen molar-refractivity contribution in [1.29, 1.82) is 0 Å². The molecule has 6 aromatic carbocycles. The van der Waals surface area contributed by atoms with Crippen LogP contribution in [0.2, 0.25) is 0 Å². The molecule has 0 aliphatic carbocycles. The van der Waals surface area contributed by atoms with Gasteiger partial charge in [-0.05, 0) is 52.6 Å². The highest BCUT2D eigenvalue weighted by Crippen LogP contribution is 2.40. The molecule has 2 heteroatoms. The standard InChI is InChI=1S/C36H24N2/c1-3-11-24(12-4-1)26-21-27(25-13-5-2-6-14-25)23-28(22-26)38-34-18-10-8-16-30(34)32-20-19-31-29-15-7-9-17-33(29)37-35(31)36(32)38/h1-23,37H. The van der Waals surface area contributed by atoms with Crippen LogP contribution >= 0.6 is 0 Å². The highest BCUT2D eigenvalue weighted by atomic mass is 15.0. The zero-order chi connectivity index (χ0) is 25.1. The number of benzene rings is 6. The summed E-state index contributed by atoms with van der Waals surface area (Å²) in [7, 11) is 0. The van der Waals surface area contributed by atoms with Crippen molar-refractivity contribution in [3.8, 4) is 27.9 Å². The topological polar surface area (TPSA) is 20.7 Å². The Morgan fingerprint density at radius 1 is 0.421 bits per heavy atom. The average molecular weight is 485 g/mol. The van der Waals surface area contributed by atoms with E-state index < -0.39 is 0 Å². The fourth-order valence-electron chi connectivity index (χ4n) is 5.97. The summed E-state index contributed by atoms with van der Waals surface area (Å²) in [5.41, 5.74) is 10.7. The number of H-pyrrole nitrogens is 1. The van der Waals surface area contributed by atoms with Gasteiger partial charge in [0.15, 0.2) is 0 Å². The van der Waals surface area contributed by atoms with Crippen molar-refractivity contribution in [2.75, 3.05) is 0 Å². The zero-order valence-electron chi connectivity index (χ0n) is 20.7. The van der Waals surface area contributed by atoms with Gasteiger partial charge in [0.25, 0.3) is 0 Å². The highest BCUT2D eigenvalue weighted by molar-refractivity contribution is 6.22. The number of fused-ring (bicyclic) bond motifs is 7. The van der Waals surface area contributed by atoms with Crippen LogP contribution in [-0.2, 0) is 0 Å². The first-order valence-electron chi connectivity index (χ1n) is 13.0. The van der Waals surface area contributed by atoms with Gasteiger partial charge in [0.05, 0.1) is 16.6 Å². The van der Waals surface area contributed by atoms with Crippen LogP contribution in [0.3, 0.4) is 0 Å². The van der Waals surface area contributed by atoms with E-state index in [-0.39, 0.29) is 0 Å². The molecular weight excluding hydrogens is 460 g/mol. The van der Waals surface area contributed by atoms with E-state index in [1.807, 2.05) is 0 Å². The Balaban J connectivity index is 1.53. The number of hydrogen-bond donors (Lipinski definition) is 1. The monoisotopic (exact) mass is 484 g/mol. The normalized spacial score (nSPS) is 11.7. The van der Waals surface area contributed by atoms with Crippen molar-refractivity contribution >= 4 is 43.6 Å². The molecule has 2 aromatic heterocycles. The second-order valence-electron chi connectivity index (χ2n) is 9.91. The minimum atomic E-state index is 1.16. The SMILES string of the molecule is c1ccc(-c2cc(-c3ccccc3)cc(-n3c4ccccc4c4ccc5c6ccccc6[nH]c5c43)c2)cc1. The summed E-state index contributed by atoms with van der Waals surface area (Å²) < 4.78 is 2.45. The van der Waals surface area contributed by atoms with Crippen LogP contribution in [0.1, 0.15) is 0 Å². The molecule has 0 fully saturated rings. The van der Waals surface area contributed by atoms with Crippen LogP contribution in [0.15, 0.2) is 140 Å². The summed E-state index contributed by atoms with van der Waals surface area (Å²) in [6, 6.07) is 50.2. The quantitative estimate of drug-likeness (QED) is 0.258. The van der Waals surface area contributed by atoms with E-state index in [1.54, 1.807) is 0 Å². The highest BCUT2D eigenvalue weighted by Gasteiger charge is 2.18. The van der Waals surface area contributed by atoms with Gasteiger partial charge >= 0.3 is 0 Å². The van der Waals surface area contributed by atoms with Gasteiger partial charge < -0.3 is 9.55 Å². The molecule has 0 amide bonds. The van der Waals surface area contributed by atoms with Crippen molar-refractivity contribution < 1.29 is 0 Å². The number of hydrogen-bond acceptors (Lipinski definition) is 0. The molecule has 1 N–H and O–H groups in total. The van der Waals surface area contributed by atoms with Crippen molar-refractivity contribution in [1.82, 2.24) is 9.55 Å². The molecule has 178 valence electrons. The summed E-state index contributed by atoms with van der Waals surface area (Å²) in [5.74, 6) is 0. The predicted octanol–water partition coefficient (Wildman–Crippen LogP) is 9.75. The van der Waals surface area contributed by atoms with Gasteiger partial charge in [0.1, 0.15) is 0 Å². The Hall–Kier alpha value is -5.08. The van der Waals surface area contributed by atoms with Crippen LogP contribution in [0, 0.1) is 0 Å². The summed E-state index contributed by atoms with van der Waals surface area (Å²) >= 11 is 0. The molecule has 0 aliphatic heterocycles. The predicted molar refractivity (Wildman–Crippen MR) is 161 cm³/mol. The first-order valence-corrected chi connectivity index (χ1v) is 13.0. The van der Waals surface area contributed by atoms with Gasteiger partial charge in [-0.3, -0.25) is 0 Å². The van der Waals surface area contributed by atoms with Crippen LogP contribution in [0.5, 0.6) is 0 Å². The van der Waals surface area contributed by atoms with E-state index in [1.165, 1.54) is 60.3 Å². The van der Waals surface area contributed by atoms with Crippen LogP contribution in [0.25, 0.3) is 71.6 Å². The lowest BCUT2D eigenvalue weighted by atomic mass is 9.98. The molecule has 2 nitrogen and oxygen atoms in total. The van der Waals surface area contributed by atoms with Gasteiger partial charge in [0, 0.05) is 32.7 Å². The largest absolute Gasteiger partial charge is 0.353 e. The van der Waals surface area contributed by atoms with E-state index in [4.69, 9.17) is 0 Å². The van der Waals surface area contributed by atoms with E-state index in [2.05, 4.69) is 149 Å². The van der Waals surface area contributed by atoms with Crippen LogP contribution < -0.4 is 0 Å². The van der Waals surface area contributed by atoms with E-state index in [9.17, 15) is 0 Å². The summed E-state index contributed by atoms with van der Waals surface area (Å²) in [4.78, 5) is 3.76. The van der Waals surface area contributed by atoms with Gasteiger partial charge in [-0.15, -0.1) is 0 Å². The van der Waals surface area contributed by atoms with E-state index in [0.717, 1.165) is 11.2 Å². The van der Waals surface area contributed by atoms with Crippen LogP contribution in [-0.4, -0.2) is 9.55 Å². The van der Waals surface area contributed by atoms with Crippen molar-refractivity contribution in [2.45, 2.75) is 0 Å². The first-order chi connectivity index (χ1) is 18.8. The maximum Gasteiger partial charge on any atom is 0.0783 e. The summed E-state index contributed by atoms with van der Waals surface area (Å²) in [5, 5.41) is 5.02. The first kappa shape index (κ1) is 21.0. The lowest BCUT2D eigenvalue weighted by Crippen LogP contribution is -1.96. The second kappa shape index (κ2) is 8.22. The van der Waals surface area contributed by atoms with E-state index >= 15 is 0 Å². The third kappa shape index (κ3) is 3.14. The Kier molecular flexibility index (Phi) is 4.55. The minimum Gasteiger partial charge on any atom is -0.353 e. The molecule has 0 unspecified atom stereocenters.